The number of rotatable bonds is 8. The highest BCUT2D eigenvalue weighted by atomic mass is 35.5. The number of aromatic nitrogens is 1. The number of carbonyl (C=O) groups excluding carboxylic acids is 1. The predicted molar refractivity (Wildman–Crippen MR) is 120 cm³/mol. The maximum Gasteiger partial charge on any atom is 0.173 e. The number of aryl methyl sites for hydroxylation is 1. The standard InChI is InChI=1S/C23H19ClN2O3S/c1-28-18-8-6-17(7-9-18)25-16-4-2-15(3-5-16)20-14-19(29-26-20)10-11-21(27)22-12-13-23(24)30-22/h2-9,12-14,25H,10-11H2,1H3. The molecule has 0 radical (unpaired) electrons. The van der Waals surface area contributed by atoms with Gasteiger partial charge in [-0.05, 0) is 48.5 Å². The molecule has 0 aliphatic rings. The first-order valence-corrected chi connectivity index (χ1v) is 10.6. The molecule has 0 bridgehead atoms. The third-order valence-electron chi connectivity index (χ3n) is 4.56. The van der Waals surface area contributed by atoms with E-state index >= 15 is 0 Å². The van der Waals surface area contributed by atoms with Crippen molar-refractivity contribution in [2.24, 2.45) is 0 Å². The number of carbonyl (C=O) groups is 1. The molecular formula is C23H19ClN2O3S. The van der Waals surface area contributed by atoms with Crippen LogP contribution in [0.1, 0.15) is 21.9 Å². The van der Waals surface area contributed by atoms with Crippen LogP contribution in [0.25, 0.3) is 11.3 Å². The number of benzene rings is 2. The number of hydrogen-bond donors (Lipinski definition) is 1. The molecule has 0 saturated heterocycles. The second-order valence-electron chi connectivity index (χ2n) is 6.64. The van der Waals surface area contributed by atoms with Crippen LogP contribution >= 0.6 is 22.9 Å². The summed E-state index contributed by atoms with van der Waals surface area (Å²) >= 11 is 7.18. The Balaban J connectivity index is 1.36. The van der Waals surface area contributed by atoms with Gasteiger partial charge in [0, 0.05) is 35.8 Å². The summed E-state index contributed by atoms with van der Waals surface area (Å²) in [6, 6.07) is 21.0. The van der Waals surface area contributed by atoms with Gasteiger partial charge in [-0.1, -0.05) is 28.9 Å². The van der Waals surface area contributed by atoms with Crippen LogP contribution in [0, 0.1) is 0 Å². The molecule has 0 unspecified atom stereocenters. The van der Waals surface area contributed by atoms with E-state index in [1.807, 2.05) is 54.6 Å². The van der Waals surface area contributed by atoms with Gasteiger partial charge in [-0.25, -0.2) is 0 Å². The largest absolute Gasteiger partial charge is 0.497 e. The number of nitrogens with zero attached hydrogens (tertiary/aromatic N) is 1. The summed E-state index contributed by atoms with van der Waals surface area (Å²) in [6.45, 7) is 0. The highest BCUT2D eigenvalue weighted by molar-refractivity contribution is 7.18. The van der Waals surface area contributed by atoms with E-state index in [-0.39, 0.29) is 5.78 Å². The number of Topliss-reactive ketones (excluding diaryl/α,β-unsaturated/α-hetero) is 1. The lowest BCUT2D eigenvalue weighted by Gasteiger charge is -2.07. The van der Waals surface area contributed by atoms with E-state index in [0.29, 0.717) is 27.8 Å². The Labute approximate surface area is 183 Å². The summed E-state index contributed by atoms with van der Waals surface area (Å²) in [4.78, 5) is 12.9. The lowest BCUT2D eigenvalue weighted by atomic mass is 10.1. The van der Waals surface area contributed by atoms with E-state index in [4.69, 9.17) is 20.9 Å². The number of halogens is 1. The van der Waals surface area contributed by atoms with Crippen LogP contribution in [0.2, 0.25) is 4.34 Å². The molecule has 5 nitrogen and oxygen atoms in total. The first-order valence-electron chi connectivity index (χ1n) is 9.36. The molecule has 30 heavy (non-hydrogen) atoms. The molecule has 0 aliphatic heterocycles. The maximum atomic E-state index is 12.2. The van der Waals surface area contributed by atoms with Gasteiger partial charge in [-0.2, -0.15) is 0 Å². The second kappa shape index (κ2) is 9.15. The van der Waals surface area contributed by atoms with Gasteiger partial charge in [0.25, 0.3) is 0 Å². The molecule has 152 valence electrons. The third-order valence-corrected chi connectivity index (χ3v) is 5.84. The van der Waals surface area contributed by atoms with Crippen LogP contribution in [0.4, 0.5) is 11.4 Å². The van der Waals surface area contributed by atoms with Crippen LogP contribution in [0.15, 0.2) is 71.3 Å². The summed E-state index contributed by atoms with van der Waals surface area (Å²) in [5.41, 5.74) is 3.63. The number of thiophene rings is 1. The zero-order valence-electron chi connectivity index (χ0n) is 16.2. The molecule has 0 fully saturated rings. The average molecular weight is 439 g/mol. The van der Waals surface area contributed by atoms with Gasteiger partial charge in [0.1, 0.15) is 17.2 Å². The maximum absolute atomic E-state index is 12.2. The summed E-state index contributed by atoms with van der Waals surface area (Å²) in [7, 11) is 1.65. The lowest BCUT2D eigenvalue weighted by Crippen LogP contribution is -1.97. The first-order chi connectivity index (χ1) is 14.6. The van der Waals surface area contributed by atoms with E-state index in [2.05, 4.69) is 10.5 Å². The van der Waals surface area contributed by atoms with Crippen LogP contribution in [0.5, 0.6) is 5.75 Å². The van der Waals surface area contributed by atoms with Gasteiger partial charge in [0.15, 0.2) is 5.78 Å². The molecule has 2 heterocycles. The Bertz CT molecular complexity index is 1130. The van der Waals surface area contributed by atoms with Crippen molar-refractivity contribution < 1.29 is 14.1 Å². The van der Waals surface area contributed by atoms with E-state index in [1.165, 1.54) is 11.3 Å². The smallest absolute Gasteiger partial charge is 0.173 e. The quantitative estimate of drug-likeness (QED) is 0.313. The molecule has 4 rings (SSSR count). The summed E-state index contributed by atoms with van der Waals surface area (Å²) in [6.07, 6.45) is 0.856. The van der Waals surface area contributed by atoms with Crippen molar-refractivity contribution >= 4 is 40.1 Å². The van der Waals surface area contributed by atoms with Gasteiger partial charge >= 0.3 is 0 Å². The topological polar surface area (TPSA) is 64.4 Å². The van der Waals surface area contributed by atoms with E-state index in [9.17, 15) is 4.79 Å². The fraction of sp³-hybridized carbons (Fsp3) is 0.130. The third kappa shape index (κ3) is 4.90. The zero-order chi connectivity index (χ0) is 20.9. The number of nitrogens with one attached hydrogen (secondary N) is 1. The predicted octanol–water partition coefficient (Wildman–Crippen LogP) is 6.62. The number of ether oxygens (including phenoxy) is 1. The summed E-state index contributed by atoms with van der Waals surface area (Å²) < 4.78 is 11.2. The van der Waals surface area contributed by atoms with E-state index in [1.54, 1.807) is 19.2 Å². The highest BCUT2D eigenvalue weighted by Crippen LogP contribution is 2.26. The van der Waals surface area contributed by atoms with Crippen LogP contribution in [0.3, 0.4) is 0 Å². The summed E-state index contributed by atoms with van der Waals surface area (Å²) in [5, 5.41) is 7.48. The first kappa shape index (κ1) is 20.2. The lowest BCUT2D eigenvalue weighted by molar-refractivity contribution is 0.0984. The molecule has 0 amide bonds. The minimum Gasteiger partial charge on any atom is -0.497 e. The van der Waals surface area contributed by atoms with Crippen molar-refractivity contribution in [3.63, 3.8) is 0 Å². The number of methoxy groups -OCH3 is 1. The van der Waals surface area contributed by atoms with Crippen molar-refractivity contribution in [1.82, 2.24) is 5.16 Å². The minimum atomic E-state index is 0.0545. The van der Waals surface area contributed by atoms with E-state index in [0.717, 1.165) is 28.4 Å². The Morgan fingerprint density at radius 1 is 1.07 bits per heavy atom. The number of ketones is 1. The van der Waals surface area contributed by atoms with Gasteiger partial charge in [0.05, 0.1) is 16.3 Å². The Kier molecular flexibility index (Phi) is 6.16. The van der Waals surface area contributed by atoms with Gasteiger partial charge in [0.2, 0.25) is 0 Å². The fourth-order valence-corrected chi connectivity index (χ4v) is 3.97. The molecule has 2 aromatic carbocycles. The molecule has 1 N–H and O–H groups in total. The highest BCUT2D eigenvalue weighted by Gasteiger charge is 2.12. The molecule has 0 saturated carbocycles. The van der Waals surface area contributed by atoms with Crippen molar-refractivity contribution in [3.05, 3.63) is 81.7 Å². The van der Waals surface area contributed by atoms with Crippen LogP contribution in [-0.4, -0.2) is 18.0 Å². The van der Waals surface area contributed by atoms with E-state index < -0.39 is 0 Å². The molecule has 0 spiro atoms. The van der Waals surface area contributed by atoms with Crippen molar-refractivity contribution in [3.8, 4) is 17.0 Å². The average Bonchev–Trinajstić information content (AvgIpc) is 3.42. The van der Waals surface area contributed by atoms with Crippen molar-refractivity contribution in [1.29, 1.82) is 0 Å². The number of hydrogen-bond acceptors (Lipinski definition) is 6. The van der Waals surface area contributed by atoms with Crippen LogP contribution in [-0.2, 0) is 6.42 Å². The van der Waals surface area contributed by atoms with Gasteiger partial charge < -0.3 is 14.6 Å². The second-order valence-corrected chi connectivity index (χ2v) is 8.35. The molecular weight excluding hydrogens is 420 g/mol. The molecule has 0 aliphatic carbocycles. The normalized spacial score (nSPS) is 10.7. The van der Waals surface area contributed by atoms with Gasteiger partial charge in [-0.3, -0.25) is 4.79 Å². The Hall–Kier alpha value is -3.09. The number of anilines is 2. The monoisotopic (exact) mass is 438 g/mol. The van der Waals surface area contributed by atoms with Gasteiger partial charge in [-0.15, -0.1) is 11.3 Å². The fourth-order valence-electron chi connectivity index (χ4n) is 2.96. The molecule has 2 aromatic heterocycles. The summed E-state index contributed by atoms with van der Waals surface area (Å²) in [5.74, 6) is 1.55. The van der Waals surface area contributed by atoms with Crippen LogP contribution < -0.4 is 10.1 Å². The Morgan fingerprint density at radius 3 is 2.40 bits per heavy atom. The molecule has 0 atom stereocenters. The molecule has 7 heteroatoms. The SMILES string of the molecule is COc1ccc(Nc2ccc(-c3cc(CCC(=O)c4ccc(Cl)s4)on3)cc2)cc1. The molecule has 4 aromatic rings. The van der Waals surface area contributed by atoms with Crippen molar-refractivity contribution in [2.45, 2.75) is 12.8 Å². The zero-order valence-corrected chi connectivity index (χ0v) is 17.8. The minimum absolute atomic E-state index is 0.0545. The Morgan fingerprint density at radius 2 is 1.77 bits per heavy atom. The van der Waals surface area contributed by atoms with Crippen molar-refractivity contribution in [2.75, 3.05) is 12.4 Å².